The standard InChI is InChI=1S/C19H18ClIN2O2/c1-10(24)12-7-8-14-16(9-12)23(22-18(14)21)19(25)17-13(11-5-6-11)3-2-4-15(17)20/h2-4,11-12H,5-9H2,1H3. The van der Waals surface area contributed by atoms with Gasteiger partial charge in [-0.25, -0.2) is 0 Å². The molecule has 0 radical (unpaired) electrons. The Bertz CT molecular complexity index is 886. The van der Waals surface area contributed by atoms with Gasteiger partial charge in [-0.2, -0.15) is 9.78 Å². The van der Waals surface area contributed by atoms with Gasteiger partial charge in [-0.1, -0.05) is 23.7 Å². The highest BCUT2D eigenvalue weighted by atomic mass is 127. The van der Waals surface area contributed by atoms with E-state index in [-0.39, 0.29) is 17.6 Å². The number of rotatable bonds is 3. The van der Waals surface area contributed by atoms with E-state index in [0.717, 1.165) is 46.2 Å². The van der Waals surface area contributed by atoms with Gasteiger partial charge in [-0.05, 0) is 79.2 Å². The third kappa shape index (κ3) is 3.05. The second-order valence-electron chi connectivity index (χ2n) is 6.96. The van der Waals surface area contributed by atoms with Gasteiger partial charge in [0.05, 0.1) is 16.3 Å². The van der Waals surface area contributed by atoms with Crippen LogP contribution in [0.2, 0.25) is 5.02 Å². The molecule has 1 fully saturated rings. The van der Waals surface area contributed by atoms with E-state index in [1.807, 2.05) is 12.1 Å². The lowest BCUT2D eigenvalue weighted by molar-refractivity contribution is -0.121. The number of carbonyl (C=O) groups is 2. The van der Waals surface area contributed by atoms with Gasteiger partial charge in [0, 0.05) is 11.5 Å². The van der Waals surface area contributed by atoms with E-state index < -0.39 is 0 Å². The molecule has 0 amide bonds. The summed E-state index contributed by atoms with van der Waals surface area (Å²) in [5, 5.41) is 4.99. The Morgan fingerprint density at radius 2 is 2.04 bits per heavy atom. The Morgan fingerprint density at radius 3 is 2.72 bits per heavy atom. The molecular formula is C19H18ClIN2O2. The van der Waals surface area contributed by atoms with Crippen molar-refractivity contribution in [3.63, 3.8) is 0 Å². The molecule has 2 aliphatic rings. The van der Waals surface area contributed by atoms with E-state index >= 15 is 0 Å². The summed E-state index contributed by atoms with van der Waals surface area (Å²) in [7, 11) is 0. The van der Waals surface area contributed by atoms with Gasteiger partial charge in [0.1, 0.15) is 9.48 Å². The summed E-state index contributed by atoms with van der Waals surface area (Å²) in [5.74, 6) is 0.405. The lowest BCUT2D eigenvalue weighted by atomic mass is 9.85. The van der Waals surface area contributed by atoms with Crippen molar-refractivity contribution in [1.82, 2.24) is 9.78 Å². The molecule has 0 spiro atoms. The largest absolute Gasteiger partial charge is 0.300 e. The molecule has 2 aromatic rings. The summed E-state index contributed by atoms with van der Waals surface area (Å²) in [6, 6.07) is 5.66. The highest BCUT2D eigenvalue weighted by Gasteiger charge is 2.33. The summed E-state index contributed by atoms with van der Waals surface area (Å²) in [6.45, 7) is 1.63. The predicted octanol–water partition coefficient (Wildman–Crippen LogP) is 4.40. The first-order valence-electron chi connectivity index (χ1n) is 8.57. The first-order chi connectivity index (χ1) is 12.0. The van der Waals surface area contributed by atoms with Crippen molar-refractivity contribution in [1.29, 1.82) is 0 Å². The Labute approximate surface area is 165 Å². The summed E-state index contributed by atoms with van der Waals surface area (Å²) >= 11 is 8.58. The first-order valence-corrected chi connectivity index (χ1v) is 10.0. The van der Waals surface area contributed by atoms with E-state index in [1.54, 1.807) is 13.0 Å². The minimum atomic E-state index is -0.170. The van der Waals surface area contributed by atoms with Crippen LogP contribution in [0.5, 0.6) is 0 Å². The Morgan fingerprint density at radius 1 is 1.28 bits per heavy atom. The number of nitrogens with zero attached hydrogens (tertiary/aromatic N) is 2. The second kappa shape index (κ2) is 6.50. The third-order valence-electron chi connectivity index (χ3n) is 5.27. The van der Waals surface area contributed by atoms with Crippen LogP contribution in [0.4, 0.5) is 0 Å². The van der Waals surface area contributed by atoms with E-state index in [2.05, 4.69) is 27.7 Å². The van der Waals surface area contributed by atoms with Crippen LogP contribution in [0.3, 0.4) is 0 Å². The van der Waals surface area contributed by atoms with E-state index in [0.29, 0.717) is 22.9 Å². The number of halogens is 2. The first kappa shape index (κ1) is 17.2. The molecule has 2 aliphatic carbocycles. The molecular weight excluding hydrogens is 451 g/mol. The maximum atomic E-state index is 13.3. The van der Waals surface area contributed by atoms with Gasteiger partial charge in [0.2, 0.25) is 0 Å². The molecule has 1 unspecified atom stereocenters. The average Bonchev–Trinajstić information content (AvgIpc) is 3.38. The highest BCUT2D eigenvalue weighted by molar-refractivity contribution is 14.1. The predicted molar refractivity (Wildman–Crippen MR) is 104 cm³/mol. The molecule has 1 aromatic carbocycles. The zero-order valence-corrected chi connectivity index (χ0v) is 16.8. The highest BCUT2D eigenvalue weighted by Crippen LogP contribution is 2.43. The van der Waals surface area contributed by atoms with Crippen LogP contribution in [0.25, 0.3) is 0 Å². The topological polar surface area (TPSA) is 52.0 Å². The number of fused-ring (bicyclic) bond motifs is 1. The van der Waals surface area contributed by atoms with Crippen LogP contribution in [-0.4, -0.2) is 21.5 Å². The minimum Gasteiger partial charge on any atom is -0.300 e. The van der Waals surface area contributed by atoms with Gasteiger partial charge >= 0.3 is 0 Å². The van der Waals surface area contributed by atoms with Gasteiger partial charge in [0.25, 0.3) is 5.91 Å². The molecule has 4 nitrogen and oxygen atoms in total. The van der Waals surface area contributed by atoms with Crippen LogP contribution < -0.4 is 0 Å². The van der Waals surface area contributed by atoms with Crippen LogP contribution in [0.1, 0.15) is 59.3 Å². The number of hydrogen-bond donors (Lipinski definition) is 0. The Kier molecular flexibility index (Phi) is 4.48. The van der Waals surface area contributed by atoms with Crippen molar-refractivity contribution in [2.24, 2.45) is 5.92 Å². The maximum absolute atomic E-state index is 13.3. The van der Waals surface area contributed by atoms with Crippen molar-refractivity contribution >= 4 is 45.9 Å². The number of carbonyl (C=O) groups excluding carboxylic acids is 2. The molecule has 0 bridgehead atoms. The fraction of sp³-hybridized carbons (Fsp3) is 0.421. The van der Waals surface area contributed by atoms with Gasteiger partial charge in [0.15, 0.2) is 0 Å². The van der Waals surface area contributed by atoms with Crippen LogP contribution in [-0.2, 0) is 17.6 Å². The quantitative estimate of drug-likeness (QED) is 0.628. The summed E-state index contributed by atoms with van der Waals surface area (Å²) in [5.41, 5.74) is 3.57. The molecule has 1 atom stereocenters. The lowest BCUT2D eigenvalue weighted by Crippen LogP contribution is -2.25. The minimum absolute atomic E-state index is 0.0271. The Hall–Kier alpha value is -1.21. The smallest absolute Gasteiger partial charge is 0.280 e. The van der Waals surface area contributed by atoms with E-state index in [9.17, 15) is 9.59 Å². The molecule has 1 aromatic heterocycles. The van der Waals surface area contributed by atoms with Crippen molar-refractivity contribution in [2.45, 2.75) is 44.9 Å². The zero-order chi connectivity index (χ0) is 17.7. The molecule has 0 aliphatic heterocycles. The van der Waals surface area contributed by atoms with Gasteiger partial charge in [-0.3, -0.25) is 9.59 Å². The van der Waals surface area contributed by atoms with Crippen molar-refractivity contribution < 1.29 is 9.59 Å². The van der Waals surface area contributed by atoms with E-state index in [4.69, 9.17) is 11.6 Å². The maximum Gasteiger partial charge on any atom is 0.280 e. The Balaban J connectivity index is 1.79. The van der Waals surface area contributed by atoms with E-state index in [1.165, 1.54) is 4.68 Å². The summed E-state index contributed by atoms with van der Waals surface area (Å²) < 4.78 is 2.35. The molecule has 130 valence electrons. The molecule has 4 rings (SSSR count). The SMILES string of the molecule is CC(=O)C1CCc2c(I)nn(C(=O)c3c(Cl)cccc3C3CC3)c2C1. The molecule has 25 heavy (non-hydrogen) atoms. The second-order valence-corrected chi connectivity index (χ2v) is 8.39. The van der Waals surface area contributed by atoms with Crippen LogP contribution in [0, 0.1) is 9.62 Å². The number of Topliss-reactive ketones (excluding diaryl/α,β-unsaturated/α-hetero) is 1. The van der Waals surface area contributed by atoms with Crippen molar-refractivity contribution in [2.75, 3.05) is 0 Å². The van der Waals surface area contributed by atoms with Crippen molar-refractivity contribution in [3.8, 4) is 0 Å². The van der Waals surface area contributed by atoms with Gasteiger partial charge in [-0.15, -0.1) is 0 Å². The normalized spacial score (nSPS) is 19.6. The number of aromatic nitrogens is 2. The third-order valence-corrected chi connectivity index (χ3v) is 6.45. The fourth-order valence-corrected chi connectivity index (χ4v) is 4.75. The molecule has 1 heterocycles. The number of benzene rings is 1. The zero-order valence-electron chi connectivity index (χ0n) is 13.9. The summed E-state index contributed by atoms with van der Waals surface area (Å²) in [6.07, 6.45) is 4.40. The number of hydrogen-bond acceptors (Lipinski definition) is 3. The average molecular weight is 469 g/mol. The van der Waals surface area contributed by atoms with Crippen LogP contribution >= 0.6 is 34.2 Å². The fourth-order valence-electron chi connectivity index (χ4n) is 3.69. The van der Waals surface area contributed by atoms with Crippen LogP contribution in [0.15, 0.2) is 18.2 Å². The summed E-state index contributed by atoms with van der Waals surface area (Å²) in [4.78, 5) is 25.1. The molecule has 0 N–H and O–H groups in total. The lowest BCUT2D eigenvalue weighted by Gasteiger charge is -2.21. The molecule has 0 saturated heterocycles. The molecule has 1 saturated carbocycles. The number of ketones is 1. The monoisotopic (exact) mass is 468 g/mol. The van der Waals surface area contributed by atoms with Crippen molar-refractivity contribution in [3.05, 3.63) is 49.3 Å². The molecule has 6 heteroatoms. The van der Waals surface area contributed by atoms with Gasteiger partial charge < -0.3 is 0 Å².